The molecule has 0 atom stereocenters. The van der Waals surface area contributed by atoms with Crippen LogP contribution in [0.25, 0.3) is 10.2 Å². The number of nitrogens with zero attached hydrogens (tertiary/aromatic N) is 1. The number of hydrogen-bond donors (Lipinski definition) is 0. The van der Waals surface area contributed by atoms with Gasteiger partial charge in [0.1, 0.15) is 0 Å². The van der Waals surface area contributed by atoms with E-state index in [0.717, 1.165) is 10.2 Å². The molecule has 0 spiro atoms. The van der Waals surface area contributed by atoms with Gasteiger partial charge in [-0.25, -0.2) is 0 Å². The number of fused-ring (bicyclic) bond motifs is 1. The van der Waals surface area contributed by atoms with Gasteiger partial charge in [-0.3, -0.25) is 4.79 Å². The van der Waals surface area contributed by atoms with Crippen LogP contribution < -0.4 is 4.87 Å². The maximum absolute atomic E-state index is 11.2. The van der Waals surface area contributed by atoms with Gasteiger partial charge in [-0.15, -0.1) is 0 Å². The fourth-order valence-corrected chi connectivity index (χ4v) is 2.10. The van der Waals surface area contributed by atoms with Crippen LogP contribution >= 0.6 is 11.3 Å². The molecule has 1 aromatic carbocycles. The second kappa shape index (κ2) is 2.45. The minimum Gasteiger partial charge on any atom is -0.302 e. The lowest BCUT2D eigenvalue weighted by atomic mass is 10.2. The van der Waals surface area contributed by atoms with Gasteiger partial charge in [0.2, 0.25) is 0 Å². The van der Waals surface area contributed by atoms with E-state index in [1.54, 1.807) is 11.6 Å². The molecule has 0 unspecified atom stereocenters. The molecule has 0 saturated heterocycles. The molecule has 2 rings (SSSR count). The first-order valence-corrected chi connectivity index (χ1v) is 4.56. The van der Waals surface area contributed by atoms with Crippen LogP contribution in [0.2, 0.25) is 0 Å². The predicted octanol–water partition coefficient (Wildman–Crippen LogP) is 1.91. The van der Waals surface area contributed by atoms with E-state index >= 15 is 0 Å². The molecular formula is C9H9NOS. The van der Waals surface area contributed by atoms with Gasteiger partial charge >= 0.3 is 4.87 Å². The topological polar surface area (TPSA) is 22.0 Å². The van der Waals surface area contributed by atoms with E-state index in [1.165, 1.54) is 16.9 Å². The lowest BCUT2D eigenvalue weighted by molar-refractivity contribution is 0.938. The molecule has 0 bridgehead atoms. The fraction of sp³-hybridized carbons (Fsp3) is 0.222. The number of hydrogen-bond acceptors (Lipinski definition) is 2. The van der Waals surface area contributed by atoms with Gasteiger partial charge in [0.05, 0.1) is 10.2 Å². The molecule has 0 saturated carbocycles. The van der Waals surface area contributed by atoms with Crippen molar-refractivity contribution in [3.63, 3.8) is 0 Å². The van der Waals surface area contributed by atoms with Gasteiger partial charge in [0.25, 0.3) is 0 Å². The molecular weight excluding hydrogens is 170 g/mol. The lowest BCUT2D eigenvalue weighted by Crippen LogP contribution is -2.06. The summed E-state index contributed by atoms with van der Waals surface area (Å²) in [5.41, 5.74) is 2.22. The molecule has 12 heavy (non-hydrogen) atoms. The van der Waals surface area contributed by atoms with Crippen LogP contribution in [-0.4, -0.2) is 4.57 Å². The van der Waals surface area contributed by atoms with E-state index in [2.05, 4.69) is 0 Å². The van der Waals surface area contributed by atoms with Crippen LogP contribution in [0.5, 0.6) is 0 Å². The van der Waals surface area contributed by atoms with Crippen molar-refractivity contribution in [2.45, 2.75) is 6.92 Å². The monoisotopic (exact) mass is 179 g/mol. The van der Waals surface area contributed by atoms with Crippen LogP contribution in [0.4, 0.5) is 0 Å². The summed E-state index contributed by atoms with van der Waals surface area (Å²) in [5, 5.41) is 0. The van der Waals surface area contributed by atoms with Crippen molar-refractivity contribution >= 4 is 21.6 Å². The zero-order valence-electron chi connectivity index (χ0n) is 7.00. The Morgan fingerprint density at radius 3 is 2.92 bits per heavy atom. The van der Waals surface area contributed by atoms with Gasteiger partial charge in [-0.1, -0.05) is 17.4 Å². The van der Waals surface area contributed by atoms with E-state index < -0.39 is 0 Å². The summed E-state index contributed by atoms with van der Waals surface area (Å²) >= 11 is 1.29. The molecule has 3 heteroatoms. The largest absolute Gasteiger partial charge is 0.307 e. The summed E-state index contributed by atoms with van der Waals surface area (Å²) in [6, 6.07) is 6.06. The Morgan fingerprint density at radius 1 is 1.42 bits per heavy atom. The first kappa shape index (κ1) is 7.55. The van der Waals surface area contributed by atoms with Gasteiger partial charge in [-0.05, 0) is 24.6 Å². The summed E-state index contributed by atoms with van der Waals surface area (Å²) < 4.78 is 2.75. The Morgan fingerprint density at radius 2 is 2.17 bits per heavy atom. The van der Waals surface area contributed by atoms with E-state index in [9.17, 15) is 4.79 Å². The third-order valence-corrected chi connectivity index (χ3v) is 2.96. The molecule has 1 heterocycles. The normalized spacial score (nSPS) is 10.8. The summed E-state index contributed by atoms with van der Waals surface area (Å²) in [6.45, 7) is 2.03. The van der Waals surface area contributed by atoms with Crippen molar-refractivity contribution < 1.29 is 0 Å². The van der Waals surface area contributed by atoms with Gasteiger partial charge in [0.15, 0.2) is 0 Å². The number of aryl methyl sites for hydroxylation is 2. The molecule has 1 aromatic heterocycles. The molecule has 2 aromatic rings. The Bertz CT molecular complexity index is 481. The highest BCUT2D eigenvalue weighted by Crippen LogP contribution is 2.17. The van der Waals surface area contributed by atoms with Crippen molar-refractivity contribution in [3.8, 4) is 0 Å². The molecule has 0 aliphatic carbocycles. The molecule has 0 N–H and O–H groups in total. The van der Waals surface area contributed by atoms with Crippen molar-refractivity contribution in [3.05, 3.63) is 33.4 Å². The highest BCUT2D eigenvalue weighted by atomic mass is 32.1. The quantitative estimate of drug-likeness (QED) is 0.605. The van der Waals surface area contributed by atoms with Crippen molar-refractivity contribution in [2.75, 3.05) is 0 Å². The van der Waals surface area contributed by atoms with Crippen molar-refractivity contribution in [1.29, 1.82) is 0 Å². The number of rotatable bonds is 0. The Kier molecular flexibility index (Phi) is 1.54. The molecule has 0 aliphatic heterocycles. The first-order chi connectivity index (χ1) is 5.68. The van der Waals surface area contributed by atoms with E-state index in [-0.39, 0.29) is 4.87 Å². The molecule has 2 nitrogen and oxygen atoms in total. The Hall–Kier alpha value is -1.09. The molecule has 0 radical (unpaired) electrons. The maximum atomic E-state index is 11.2. The molecule has 62 valence electrons. The third kappa shape index (κ3) is 0.975. The summed E-state index contributed by atoms with van der Waals surface area (Å²) in [4.78, 5) is 11.3. The smallest absolute Gasteiger partial charge is 0.302 e. The van der Waals surface area contributed by atoms with E-state index in [1.807, 2.05) is 25.1 Å². The van der Waals surface area contributed by atoms with Crippen molar-refractivity contribution in [1.82, 2.24) is 4.57 Å². The summed E-state index contributed by atoms with van der Waals surface area (Å²) in [7, 11) is 1.81. The van der Waals surface area contributed by atoms with Crippen LogP contribution in [0.15, 0.2) is 23.0 Å². The summed E-state index contributed by atoms with van der Waals surface area (Å²) in [5.74, 6) is 0. The predicted molar refractivity (Wildman–Crippen MR) is 51.8 cm³/mol. The first-order valence-electron chi connectivity index (χ1n) is 3.74. The second-order valence-electron chi connectivity index (χ2n) is 2.90. The molecule has 0 aliphatic rings. The average Bonchev–Trinajstić information content (AvgIpc) is 2.31. The highest BCUT2D eigenvalue weighted by molar-refractivity contribution is 7.16. The van der Waals surface area contributed by atoms with Gasteiger partial charge in [0, 0.05) is 7.05 Å². The molecule has 0 fully saturated rings. The number of benzene rings is 1. The zero-order valence-corrected chi connectivity index (χ0v) is 7.81. The Balaban J connectivity index is 2.98. The summed E-state index contributed by atoms with van der Waals surface area (Å²) in [6.07, 6.45) is 0. The lowest BCUT2D eigenvalue weighted by Gasteiger charge is -1.94. The van der Waals surface area contributed by atoms with Crippen LogP contribution in [-0.2, 0) is 7.05 Å². The third-order valence-electron chi connectivity index (χ3n) is 1.95. The molecule has 0 amide bonds. The van der Waals surface area contributed by atoms with Crippen LogP contribution in [0, 0.1) is 6.92 Å². The number of aromatic nitrogens is 1. The second-order valence-corrected chi connectivity index (χ2v) is 3.89. The highest BCUT2D eigenvalue weighted by Gasteiger charge is 2.02. The van der Waals surface area contributed by atoms with Crippen LogP contribution in [0.1, 0.15) is 5.56 Å². The van der Waals surface area contributed by atoms with Gasteiger partial charge in [-0.2, -0.15) is 0 Å². The standard InChI is InChI=1S/C9H9NOS/c1-6-3-4-8-7(5-6)10(2)9(11)12-8/h3-5H,1-2H3. The van der Waals surface area contributed by atoms with E-state index in [0.29, 0.717) is 0 Å². The van der Waals surface area contributed by atoms with Gasteiger partial charge < -0.3 is 4.57 Å². The average molecular weight is 179 g/mol. The minimum atomic E-state index is 0.107. The minimum absolute atomic E-state index is 0.107. The Labute approximate surface area is 74.1 Å². The van der Waals surface area contributed by atoms with Crippen molar-refractivity contribution in [2.24, 2.45) is 7.05 Å². The maximum Gasteiger partial charge on any atom is 0.307 e. The van der Waals surface area contributed by atoms with Crippen LogP contribution in [0.3, 0.4) is 0 Å². The number of thiazole rings is 1. The zero-order chi connectivity index (χ0) is 8.72. The van der Waals surface area contributed by atoms with E-state index in [4.69, 9.17) is 0 Å². The fourth-order valence-electron chi connectivity index (χ4n) is 1.24. The SMILES string of the molecule is Cc1ccc2sc(=O)n(C)c2c1.